The summed E-state index contributed by atoms with van der Waals surface area (Å²) in [6, 6.07) is 17.1. The zero-order chi connectivity index (χ0) is 18.1. The highest BCUT2D eigenvalue weighted by atomic mass is 19.1. The van der Waals surface area contributed by atoms with E-state index in [2.05, 4.69) is 9.98 Å². The number of aliphatic imine (C=N–C) groups is 1. The Morgan fingerprint density at radius 2 is 1.73 bits per heavy atom. The van der Waals surface area contributed by atoms with Crippen LogP contribution in [-0.4, -0.2) is 17.6 Å². The number of ether oxygens (including phenoxy) is 1. The summed E-state index contributed by atoms with van der Waals surface area (Å²) in [6.07, 6.45) is 1.32. The van der Waals surface area contributed by atoms with Crippen LogP contribution in [0.1, 0.15) is 11.1 Å². The topological polar surface area (TPSA) is 60.5 Å². The van der Waals surface area contributed by atoms with Crippen LogP contribution >= 0.6 is 0 Å². The summed E-state index contributed by atoms with van der Waals surface area (Å²) in [6.45, 7) is 0.184. The summed E-state index contributed by atoms with van der Waals surface area (Å²) >= 11 is 0. The first kappa shape index (κ1) is 16.2. The molecule has 0 spiro atoms. The smallest absolute Gasteiger partial charge is 0.283 e. The van der Waals surface area contributed by atoms with Crippen LogP contribution < -0.4 is 5.73 Å². The Morgan fingerprint density at radius 1 is 0.923 bits per heavy atom. The second kappa shape index (κ2) is 6.22. The lowest BCUT2D eigenvalue weighted by molar-refractivity contribution is 0.278. The standard InChI is InChI=1S/C20H15F2N3O/c21-17-9-8-14(11-16(17)15-7-4-10-24-18(15)22)20(12-26-19(23)25-20)13-5-2-1-3-6-13/h1-11H,12H2,(H2,23,25). The van der Waals surface area contributed by atoms with Crippen molar-refractivity contribution in [3.05, 3.63) is 89.8 Å². The number of halogens is 2. The van der Waals surface area contributed by atoms with Gasteiger partial charge < -0.3 is 10.5 Å². The molecule has 1 aromatic heterocycles. The molecule has 4 rings (SSSR count). The van der Waals surface area contributed by atoms with E-state index >= 15 is 0 Å². The molecule has 6 heteroatoms. The summed E-state index contributed by atoms with van der Waals surface area (Å²) in [5, 5.41) is 0. The molecule has 2 aromatic carbocycles. The van der Waals surface area contributed by atoms with Crippen molar-refractivity contribution < 1.29 is 13.5 Å². The minimum absolute atomic E-state index is 0.0623. The van der Waals surface area contributed by atoms with E-state index in [1.807, 2.05) is 30.3 Å². The van der Waals surface area contributed by atoms with Crippen LogP contribution in [-0.2, 0) is 10.3 Å². The number of aromatic nitrogens is 1. The van der Waals surface area contributed by atoms with Crippen LogP contribution in [0.15, 0.2) is 71.9 Å². The van der Waals surface area contributed by atoms with E-state index in [9.17, 15) is 8.78 Å². The molecule has 0 aliphatic carbocycles. The van der Waals surface area contributed by atoms with Gasteiger partial charge in [-0.1, -0.05) is 36.4 Å². The van der Waals surface area contributed by atoms with E-state index < -0.39 is 17.3 Å². The number of benzene rings is 2. The predicted octanol–water partition coefficient (Wildman–Crippen LogP) is 3.62. The van der Waals surface area contributed by atoms with Crippen LogP contribution in [0.3, 0.4) is 0 Å². The van der Waals surface area contributed by atoms with E-state index in [4.69, 9.17) is 10.5 Å². The second-order valence-corrected chi connectivity index (χ2v) is 6.00. The van der Waals surface area contributed by atoms with E-state index in [0.29, 0.717) is 5.56 Å². The number of pyridine rings is 1. The lowest BCUT2D eigenvalue weighted by Crippen LogP contribution is -2.27. The van der Waals surface area contributed by atoms with Crippen LogP contribution in [0.2, 0.25) is 0 Å². The van der Waals surface area contributed by atoms with Gasteiger partial charge in [0.1, 0.15) is 12.4 Å². The fourth-order valence-electron chi connectivity index (χ4n) is 3.18. The molecule has 1 aliphatic heterocycles. The first-order valence-electron chi connectivity index (χ1n) is 8.05. The quantitative estimate of drug-likeness (QED) is 0.733. The van der Waals surface area contributed by atoms with Crippen molar-refractivity contribution in [1.82, 2.24) is 4.98 Å². The Hall–Kier alpha value is -3.28. The molecule has 3 aromatic rings. The lowest BCUT2D eigenvalue weighted by Gasteiger charge is -2.26. The van der Waals surface area contributed by atoms with Gasteiger partial charge in [-0.15, -0.1) is 0 Å². The number of amidine groups is 1. The maximum absolute atomic E-state index is 14.4. The Kier molecular flexibility index (Phi) is 3.88. The first-order chi connectivity index (χ1) is 12.6. The van der Waals surface area contributed by atoms with Crippen molar-refractivity contribution >= 4 is 6.02 Å². The molecule has 0 amide bonds. The summed E-state index contributed by atoms with van der Waals surface area (Å²) in [4.78, 5) is 8.09. The largest absolute Gasteiger partial charge is 0.462 e. The first-order valence-corrected chi connectivity index (χ1v) is 8.05. The maximum atomic E-state index is 14.4. The summed E-state index contributed by atoms with van der Waals surface area (Å²) in [5.74, 6) is -1.28. The Labute approximate surface area is 149 Å². The lowest BCUT2D eigenvalue weighted by atomic mass is 9.83. The maximum Gasteiger partial charge on any atom is 0.283 e. The molecule has 2 N–H and O–H groups in total. The molecule has 1 atom stereocenters. The second-order valence-electron chi connectivity index (χ2n) is 6.00. The molecule has 0 fully saturated rings. The molecule has 4 nitrogen and oxygen atoms in total. The minimum Gasteiger partial charge on any atom is -0.462 e. The highest BCUT2D eigenvalue weighted by molar-refractivity contribution is 5.75. The molecule has 26 heavy (non-hydrogen) atoms. The summed E-state index contributed by atoms with van der Waals surface area (Å²) in [7, 11) is 0. The third-order valence-corrected chi connectivity index (χ3v) is 4.47. The zero-order valence-corrected chi connectivity index (χ0v) is 13.7. The average Bonchev–Trinajstić information content (AvgIpc) is 3.07. The van der Waals surface area contributed by atoms with Gasteiger partial charge in [0, 0.05) is 17.3 Å². The Bertz CT molecular complexity index is 991. The van der Waals surface area contributed by atoms with E-state index in [-0.39, 0.29) is 23.8 Å². The fourth-order valence-corrected chi connectivity index (χ4v) is 3.18. The fraction of sp³-hybridized carbons (Fsp3) is 0.100. The third kappa shape index (κ3) is 2.60. The minimum atomic E-state index is -0.910. The monoisotopic (exact) mass is 351 g/mol. The van der Waals surface area contributed by atoms with Crippen molar-refractivity contribution in [2.75, 3.05) is 6.61 Å². The van der Waals surface area contributed by atoms with Gasteiger partial charge in [0.15, 0.2) is 5.54 Å². The predicted molar refractivity (Wildman–Crippen MR) is 94.4 cm³/mol. The van der Waals surface area contributed by atoms with Crippen LogP contribution in [0.25, 0.3) is 11.1 Å². The SMILES string of the molecule is NC1=NC(c2ccccc2)(c2ccc(F)c(-c3cccnc3F)c2)CO1. The molecular weight excluding hydrogens is 336 g/mol. The van der Waals surface area contributed by atoms with Crippen molar-refractivity contribution in [2.45, 2.75) is 5.54 Å². The molecule has 1 unspecified atom stereocenters. The van der Waals surface area contributed by atoms with E-state index in [0.717, 1.165) is 5.56 Å². The van der Waals surface area contributed by atoms with Gasteiger partial charge in [-0.25, -0.2) is 14.4 Å². The molecule has 130 valence electrons. The number of nitrogens with two attached hydrogens (primary N) is 1. The van der Waals surface area contributed by atoms with Crippen molar-refractivity contribution in [3.8, 4) is 11.1 Å². The van der Waals surface area contributed by atoms with Gasteiger partial charge in [0.05, 0.1) is 0 Å². The number of rotatable bonds is 3. The normalized spacial score (nSPS) is 19.1. The van der Waals surface area contributed by atoms with Gasteiger partial charge in [0.2, 0.25) is 5.95 Å². The van der Waals surface area contributed by atoms with Crippen LogP contribution in [0.4, 0.5) is 8.78 Å². The number of hydrogen-bond donors (Lipinski definition) is 1. The van der Waals surface area contributed by atoms with Crippen LogP contribution in [0.5, 0.6) is 0 Å². The van der Waals surface area contributed by atoms with Gasteiger partial charge in [0.25, 0.3) is 6.02 Å². The Morgan fingerprint density at radius 3 is 2.42 bits per heavy atom. The summed E-state index contributed by atoms with van der Waals surface area (Å²) in [5.41, 5.74) is 6.57. The average molecular weight is 351 g/mol. The highest BCUT2D eigenvalue weighted by Crippen LogP contribution is 2.39. The molecule has 1 aliphatic rings. The van der Waals surface area contributed by atoms with Gasteiger partial charge in [-0.2, -0.15) is 4.39 Å². The third-order valence-electron chi connectivity index (χ3n) is 4.47. The van der Waals surface area contributed by atoms with Gasteiger partial charge in [-0.05, 0) is 35.4 Å². The molecule has 0 radical (unpaired) electrons. The molecule has 0 saturated carbocycles. The highest BCUT2D eigenvalue weighted by Gasteiger charge is 2.40. The number of hydrogen-bond acceptors (Lipinski definition) is 4. The molecule has 0 saturated heterocycles. The molecule has 0 bridgehead atoms. The van der Waals surface area contributed by atoms with Crippen molar-refractivity contribution in [3.63, 3.8) is 0 Å². The van der Waals surface area contributed by atoms with Gasteiger partial charge >= 0.3 is 0 Å². The van der Waals surface area contributed by atoms with E-state index in [1.54, 1.807) is 18.2 Å². The molecule has 2 heterocycles. The van der Waals surface area contributed by atoms with E-state index in [1.165, 1.54) is 18.3 Å². The Balaban J connectivity index is 1.92. The molecular formula is C20H15F2N3O. The van der Waals surface area contributed by atoms with Crippen LogP contribution in [0, 0.1) is 11.8 Å². The van der Waals surface area contributed by atoms with Gasteiger partial charge in [-0.3, -0.25) is 0 Å². The van der Waals surface area contributed by atoms with Crippen molar-refractivity contribution in [2.24, 2.45) is 10.7 Å². The van der Waals surface area contributed by atoms with Crippen molar-refractivity contribution in [1.29, 1.82) is 0 Å². The number of nitrogens with zero attached hydrogens (tertiary/aromatic N) is 2. The zero-order valence-electron chi connectivity index (χ0n) is 13.7. The summed E-state index contributed by atoms with van der Waals surface area (Å²) < 4.78 is 34.0.